The van der Waals surface area contributed by atoms with E-state index in [9.17, 15) is 22.7 Å². The molecule has 3 rings (SSSR count). The largest absolute Gasteiger partial charge is 0.391 e. The van der Waals surface area contributed by atoms with Crippen LogP contribution in [-0.4, -0.2) is 50.1 Å². The number of aliphatic hydroxyl groups is 1. The molecule has 0 aliphatic heterocycles. The topological polar surface area (TPSA) is 77.9 Å². The molecular formula is C21H25FN2O4S. The van der Waals surface area contributed by atoms with Crippen LogP contribution in [0.5, 0.6) is 0 Å². The second-order valence-corrected chi connectivity index (χ2v) is 9.09. The second kappa shape index (κ2) is 8.92. The van der Waals surface area contributed by atoms with Crippen LogP contribution in [0.15, 0.2) is 59.5 Å². The van der Waals surface area contributed by atoms with Gasteiger partial charge in [-0.1, -0.05) is 31.0 Å². The van der Waals surface area contributed by atoms with Crippen LogP contribution in [0.4, 0.5) is 10.1 Å². The minimum absolute atomic E-state index is 0.101. The maximum atomic E-state index is 13.3. The smallest absolute Gasteiger partial charge is 0.264 e. The van der Waals surface area contributed by atoms with Gasteiger partial charge in [0.05, 0.1) is 22.7 Å². The van der Waals surface area contributed by atoms with Crippen molar-refractivity contribution in [2.75, 3.05) is 17.9 Å². The van der Waals surface area contributed by atoms with Gasteiger partial charge in [-0.25, -0.2) is 12.8 Å². The predicted octanol–water partition coefficient (Wildman–Crippen LogP) is 2.78. The molecule has 1 amide bonds. The van der Waals surface area contributed by atoms with Gasteiger partial charge in [0, 0.05) is 7.05 Å². The fraction of sp³-hybridized carbons (Fsp3) is 0.381. The third kappa shape index (κ3) is 4.76. The highest BCUT2D eigenvalue weighted by Gasteiger charge is 2.33. The van der Waals surface area contributed by atoms with Crippen LogP contribution in [0, 0.1) is 5.82 Å². The number of hydrogen-bond donors (Lipinski definition) is 1. The van der Waals surface area contributed by atoms with Crippen molar-refractivity contribution < 1.29 is 22.7 Å². The molecular weight excluding hydrogens is 395 g/mol. The normalized spacial score (nSPS) is 19.6. The minimum Gasteiger partial charge on any atom is -0.391 e. The summed E-state index contributed by atoms with van der Waals surface area (Å²) in [5.41, 5.74) is 0.336. The number of nitrogens with zero attached hydrogens (tertiary/aromatic N) is 2. The summed E-state index contributed by atoms with van der Waals surface area (Å²) < 4.78 is 40.7. The van der Waals surface area contributed by atoms with Crippen LogP contribution in [-0.2, 0) is 14.8 Å². The first kappa shape index (κ1) is 21.3. The molecule has 1 fully saturated rings. The lowest BCUT2D eigenvalue weighted by molar-refractivity contribution is -0.133. The van der Waals surface area contributed by atoms with Crippen molar-refractivity contribution in [1.29, 1.82) is 0 Å². The molecule has 1 aliphatic rings. The second-order valence-electron chi connectivity index (χ2n) is 7.22. The van der Waals surface area contributed by atoms with E-state index >= 15 is 0 Å². The molecule has 2 aromatic rings. The van der Waals surface area contributed by atoms with Crippen LogP contribution in [0.1, 0.15) is 25.7 Å². The van der Waals surface area contributed by atoms with E-state index in [0.29, 0.717) is 18.5 Å². The maximum absolute atomic E-state index is 13.3. The summed E-state index contributed by atoms with van der Waals surface area (Å²) in [6.45, 7) is -0.413. The van der Waals surface area contributed by atoms with Gasteiger partial charge in [0.15, 0.2) is 0 Å². The molecule has 0 bridgehead atoms. The molecule has 1 N–H and O–H groups in total. The summed E-state index contributed by atoms with van der Waals surface area (Å²) in [5.74, 6) is -0.956. The summed E-state index contributed by atoms with van der Waals surface area (Å²) in [7, 11) is -2.49. The number of carbonyl (C=O) groups is 1. The van der Waals surface area contributed by atoms with E-state index in [4.69, 9.17) is 0 Å². The minimum atomic E-state index is -4.09. The Balaban J connectivity index is 1.90. The zero-order valence-corrected chi connectivity index (χ0v) is 17.1. The Morgan fingerprint density at radius 1 is 1.07 bits per heavy atom. The van der Waals surface area contributed by atoms with Gasteiger partial charge in [0.2, 0.25) is 5.91 Å². The summed E-state index contributed by atoms with van der Waals surface area (Å²) in [4.78, 5) is 14.3. The third-order valence-corrected chi connectivity index (χ3v) is 7.10. The Morgan fingerprint density at radius 2 is 1.69 bits per heavy atom. The maximum Gasteiger partial charge on any atom is 0.264 e. The number of carbonyl (C=O) groups excluding carboxylic acids is 1. The molecule has 2 atom stereocenters. The fourth-order valence-electron chi connectivity index (χ4n) is 3.61. The molecule has 1 saturated carbocycles. The van der Waals surface area contributed by atoms with Gasteiger partial charge in [0.25, 0.3) is 10.0 Å². The number of halogens is 1. The molecule has 8 heteroatoms. The zero-order valence-electron chi connectivity index (χ0n) is 16.2. The molecule has 0 aromatic heterocycles. The van der Waals surface area contributed by atoms with Crippen LogP contribution in [0.25, 0.3) is 0 Å². The van der Waals surface area contributed by atoms with Crippen LogP contribution in [0.3, 0.4) is 0 Å². The summed E-state index contributed by atoms with van der Waals surface area (Å²) >= 11 is 0. The number of hydrogen-bond acceptors (Lipinski definition) is 4. The molecule has 0 heterocycles. The van der Waals surface area contributed by atoms with E-state index in [2.05, 4.69) is 0 Å². The van der Waals surface area contributed by atoms with E-state index in [0.717, 1.165) is 29.3 Å². The van der Waals surface area contributed by atoms with E-state index in [1.807, 2.05) is 0 Å². The Morgan fingerprint density at radius 3 is 2.31 bits per heavy atom. The van der Waals surface area contributed by atoms with Crippen LogP contribution in [0.2, 0.25) is 0 Å². The molecule has 0 spiro atoms. The standard InChI is InChI=1S/C21H25FN2O4S/c1-23(19-9-5-6-10-20(19)25)21(26)15-24(17-7-3-2-4-8-17)29(27,28)18-13-11-16(22)12-14-18/h2-4,7-8,11-14,19-20,25H,5-6,9-10,15H2,1H3. The molecule has 0 radical (unpaired) electrons. The molecule has 2 aromatic carbocycles. The number of rotatable bonds is 6. The Kier molecular flexibility index (Phi) is 6.54. The van der Waals surface area contributed by atoms with Crippen molar-refractivity contribution in [3.8, 4) is 0 Å². The summed E-state index contributed by atoms with van der Waals surface area (Å²) in [6, 6.07) is 12.5. The molecule has 6 nitrogen and oxygen atoms in total. The van der Waals surface area contributed by atoms with Crippen molar-refractivity contribution in [1.82, 2.24) is 4.90 Å². The number of anilines is 1. The quantitative estimate of drug-likeness (QED) is 0.780. The number of likely N-dealkylation sites (N-methyl/N-ethyl adjacent to an activating group) is 1. The average molecular weight is 421 g/mol. The SMILES string of the molecule is CN(C(=O)CN(c1ccccc1)S(=O)(=O)c1ccc(F)cc1)C1CCCCC1O. The van der Waals surface area contributed by atoms with E-state index in [-0.39, 0.29) is 10.9 Å². The lowest BCUT2D eigenvalue weighted by Gasteiger charge is -2.36. The van der Waals surface area contributed by atoms with Gasteiger partial charge >= 0.3 is 0 Å². The van der Waals surface area contributed by atoms with Gasteiger partial charge in [-0.15, -0.1) is 0 Å². The summed E-state index contributed by atoms with van der Waals surface area (Å²) in [5, 5.41) is 10.2. The van der Waals surface area contributed by atoms with Crippen LogP contribution >= 0.6 is 0 Å². The number of benzene rings is 2. The van der Waals surface area contributed by atoms with E-state index < -0.39 is 34.4 Å². The van der Waals surface area contributed by atoms with Gasteiger partial charge in [-0.3, -0.25) is 9.10 Å². The first-order valence-electron chi connectivity index (χ1n) is 9.58. The highest BCUT2D eigenvalue weighted by molar-refractivity contribution is 7.92. The number of amides is 1. The van der Waals surface area contributed by atoms with Gasteiger partial charge < -0.3 is 10.0 Å². The first-order valence-corrected chi connectivity index (χ1v) is 11.0. The van der Waals surface area contributed by atoms with E-state index in [1.165, 1.54) is 17.0 Å². The van der Waals surface area contributed by atoms with Gasteiger partial charge in [-0.05, 0) is 49.2 Å². The highest BCUT2D eigenvalue weighted by Crippen LogP contribution is 2.26. The van der Waals surface area contributed by atoms with Gasteiger partial charge in [-0.2, -0.15) is 0 Å². The molecule has 1 aliphatic carbocycles. The van der Waals surface area contributed by atoms with Crippen molar-refractivity contribution in [3.05, 3.63) is 60.4 Å². The van der Waals surface area contributed by atoms with Crippen molar-refractivity contribution in [3.63, 3.8) is 0 Å². The molecule has 156 valence electrons. The Hall–Kier alpha value is -2.45. The third-order valence-electron chi connectivity index (χ3n) is 5.31. The summed E-state index contributed by atoms with van der Waals surface area (Å²) in [6.07, 6.45) is 2.51. The first-order chi connectivity index (χ1) is 13.8. The Bertz CT molecular complexity index is 935. The Labute approximate surface area is 170 Å². The number of para-hydroxylation sites is 1. The fourth-order valence-corrected chi connectivity index (χ4v) is 5.02. The van der Waals surface area contributed by atoms with E-state index in [1.54, 1.807) is 37.4 Å². The van der Waals surface area contributed by atoms with Crippen molar-refractivity contribution >= 4 is 21.6 Å². The lowest BCUT2D eigenvalue weighted by atomic mass is 9.91. The zero-order chi connectivity index (χ0) is 21.0. The van der Waals surface area contributed by atoms with Gasteiger partial charge in [0.1, 0.15) is 12.4 Å². The number of aliphatic hydroxyl groups excluding tert-OH is 1. The number of sulfonamides is 1. The average Bonchev–Trinajstić information content (AvgIpc) is 2.72. The van der Waals surface area contributed by atoms with Crippen molar-refractivity contribution in [2.24, 2.45) is 0 Å². The van der Waals surface area contributed by atoms with Crippen LogP contribution < -0.4 is 4.31 Å². The predicted molar refractivity (Wildman–Crippen MR) is 108 cm³/mol. The monoisotopic (exact) mass is 420 g/mol. The molecule has 0 saturated heterocycles. The highest BCUT2D eigenvalue weighted by atomic mass is 32.2. The van der Waals surface area contributed by atoms with Crippen molar-refractivity contribution in [2.45, 2.75) is 42.7 Å². The lowest BCUT2D eigenvalue weighted by Crippen LogP contribution is -2.50. The molecule has 29 heavy (non-hydrogen) atoms. The molecule has 2 unspecified atom stereocenters.